The normalized spacial score (nSPS) is 16.1. The molecule has 3 rings (SSSR count). The molecule has 0 aliphatic heterocycles. The van der Waals surface area contributed by atoms with Gasteiger partial charge < -0.3 is 0 Å². The lowest BCUT2D eigenvalue weighted by Gasteiger charge is -2.03. The number of hydrogen-bond acceptors (Lipinski definition) is 1. The highest BCUT2D eigenvalue weighted by Gasteiger charge is 2.26. The highest BCUT2D eigenvalue weighted by atomic mass is 19.1. The Kier molecular flexibility index (Phi) is 1.81. The van der Waals surface area contributed by atoms with Gasteiger partial charge in [-0.05, 0) is 30.9 Å². The van der Waals surface area contributed by atoms with E-state index in [0.29, 0.717) is 11.4 Å². The fourth-order valence-corrected chi connectivity index (χ4v) is 2.02. The van der Waals surface area contributed by atoms with Crippen molar-refractivity contribution in [2.24, 2.45) is 0 Å². The molecule has 1 aromatic heterocycles. The maximum absolute atomic E-state index is 13.9. The second kappa shape index (κ2) is 3.05. The third-order valence-electron chi connectivity index (χ3n) is 3.07. The minimum Gasteiger partial charge on any atom is -0.262 e. The van der Waals surface area contributed by atoms with Crippen molar-refractivity contribution < 1.29 is 4.39 Å². The summed E-state index contributed by atoms with van der Waals surface area (Å²) in [5.74, 6) is -0.0955. The maximum Gasteiger partial charge on any atom is 0.137 e. The number of fused-ring (bicyclic) bond motifs is 1. The molecule has 0 spiro atoms. The van der Waals surface area contributed by atoms with Gasteiger partial charge in [0.25, 0.3) is 0 Å². The first kappa shape index (κ1) is 8.89. The van der Waals surface area contributed by atoms with Crippen LogP contribution in [-0.4, -0.2) is 9.78 Å². The molecule has 3 heteroatoms. The molecule has 2 aromatic rings. The molecular weight excluding hydrogens is 191 g/mol. The Bertz CT molecular complexity index is 512. The third-order valence-corrected chi connectivity index (χ3v) is 3.07. The van der Waals surface area contributed by atoms with Crippen LogP contribution < -0.4 is 0 Å². The number of benzene rings is 1. The third kappa shape index (κ3) is 1.26. The largest absolute Gasteiger partial charge is 0.262 e. The van der Waals surface area contributed by atoms with Crippen molar-refractivity contribution in [1.82, 2.24) is 9.78 Å². The Labute approximate surface area is 87.7 Å². The van der Waals surface area contributed by atoms with Crippen molar-refractivity contribution in [3.8, 4) is 0 Å². The lowest BCUT2D eigenvalue weighted by atomic mass is 10.1. The molecule has 0 radical (unpaired) electrons. The van der Waals surface area contributed by atoms with Crippen LogP contribution in [0.5, 0.6) is 0 Å². The molecule has 1 heterocycles. The maximum atomic E-state index is 13.9. The second-order valence-corrected chi connectivity index (χ2v) is 4.15. The number of halogens is 1. The quantitative estimate of drug-likeness (QED) is 0.735. The van der Waals surface area contributed by atoms with Crippen molar-refractivity contribution in [3.05, 3.63) is 29.7 Å². The zero-order valence-electron chi connectivity index (χ0n) is 8.70. The molecule has 0 bridgehead atoms. The Morgan fingerprint density at radius 3 is 2.93 bits per heavy atom. The van der Waals surface area contributed by atoms with E-state index >= 15 is 0 Å². The number of aromatic nitrogens is 2. The molecule has 0 amide bonds. The van der Waals surface area contributed by atoms with E-state index in [0.717, 1.165) is 17.5 Å². The van der Waals surface area contributed by atoms with E-state index < -0.39 is 0 Å². The van der Waals surface area contributed by atoms with E-state index in [1.807, 2.05) is 23.7 Å². The summed E-state index contributed by atoms with van der Waals surface area (Å²) >= 11 is 0. The molecule has 2 nitrogen and oxygen atoms in total. The summed E-state index contributed by atoms with van der Waals surface area (Å²) in [6, 6.07) is 4.37. The summed E-state index contributed by atoms with van der Waals surface area (Å²) in [6.07, 6.45) is 4.74. The first-order valence-electron chi connectivity index (χ1n) is 5.46. The van der Waals surface area contributed by atoms with Gasteiger partial charge in [0, 0.05) is 0 Å². The fraction of sp³-hybridized carbons (Fsp3) is 0.417. The number of nitrogens with zero attached hydrogens (tertiary/aromatic N) is 2. The first-order valence-corrected chi connectivity index (χ1v) is 5.46. The molecule has 1 aliphatic rings. The van der Waals surface area contributed by atoms with Crippen LogP contribution in [0.2, 0.25) is 0 Å². The fourth-order valence-electron chi connectivity index (χ4n) is 2.02. The lowest BCUT2D eigenvalue weighted by Crippen LogP contribution is -1.96. The number of hydrogen-bond donors (Lipinski definition) is 0. The first-order chi connectivity index (χ1) is 7.31. The number of rotatable bonds is 2. The van der Waals surface area contributed by atoms with Gasteiger partial charge in [0.15, 0.2) is 0 Å². The summed E-state index contributed by atoms with van der Waals surface area (Å²) < 4.78 is 15.9. The van der Waals surface area contributed by atoms with E-state index in [1.54, 1.807) is 6.20 Å². The highest BCUT2D eigenvalue weighted by molar-refractivity contribution is 5.80. The average molecular weight is 204 g/mol. The van der Waals surface area contributed by atoms with Gasteiger partial charge in [-0.25, -0.2) is 4.39 Å². The van der Waals surface area contributed by atoms with Crippen LogP contribution in [0.1, 0.15) is 31.4 Å². The van der Waals surface area contributed by atoms with Crippen molar-refractivity contribution in [2.45, 2.75) is 32.2 Å². The summed E-state index contributed by atoms with van der Waals surface area (Å²) in [4.78, 5) is 0. The van der Waals surface area contributed by atoms with Crippen molar-refractivity contribution in [2.75, 3.05) is 0 Å². The molecule has 1 fully saturated rings. The molecule has 78 valence electrons. The van der Waals surface area contributed by atoms with Gasteiger partial charge in [-0.3, -0.25) is 4.68 Å². The lowest BCUT2D eigenvalue weighted by molar-refractivity contribution is 0.624. The van der Waals surface area contributed by atoms with Crippen molar-refractivity contribution in [3.63, 3.8) is 0 Å². The molecule has 15 heavy (non-hydrogen) atoms. The number of aryl methyl sites for hydroxylation is 1. The van der Waals surface area contributed by atoms with Crippen molar-refractivity contribution in [1.29, 1.82) is 0 Å². The smallest absolute Gasteiger partial charge is 0.137 e. The van der Waals surface area contributed by atoms with Crippen LogP contribution in [0, 0.1) is 5.82 Å². The van der Waals surface area contributed by atoms with E-state index in [4.69, 9.17) is 0 Å². The average Bonchev–Trinajstić information content (AvgIpc) is 2.99. The summed E-state index contributed by atoms with van der Waals surface area (Å²) in [5.41, 5.74) is 1.71. The molecule has 0 N–H and O–H groups in total. The van der Waals surface area contributed by atoms with E-state index in [1.165, 1.54) is 12.8 Å². The van der Waals surface area contributed by atoms with Gasteiger partial charge >= 0.3 is 0 Å². The van der Waals surface area contributed by atoms with Crippen molar-refractivity contribution >= 4 is 10.9 Å². The summed E-state index contributed by atoms with van der Waals surface area (Å²) in [7, 11) is 0. The van der Waals surface area contributed by atoms with Crippen LogP contribution in [0.25, 0.3) is 10.9 Å². The van der Waals surface area contributed by atoms with Gasteiger partial charge in [0.05, 0.1) is 23.1 Å². The van der Waals surface area contributed by atoms with Crippen LogP contribution in [0.15, 0.2) is 18.3 Å². The molecule has 1 saturated carbocycles. The Morgan fingerprint density at radius 1 is 1.47 bits per heavy atom. The molecule has 0 atom stereocenters. The second-order valence-electron chi connectivity index (χ2n) is 4.15. The molecule has 0 unspecified atom stereocenters. The van der Waals surface area contributed by atoms with Crippen LogP contribution in [0.3, 0.4) is 0 Å². The SMILES string of the molecule is CCc1ccc2c(cnn2C2CC2)c1F. The van der Waals surface area contributed by atoms with E-state index in [9.17, 15) is 4.39 Å². The van der Waals surface area contributed by atoms with E-state index in [-0.39, 0.29) is 5.82 Å². The molecule has 1 aliphatic carbocycles. The van der Waals surface area contributed by atoms with Gasteiger partial charge in [0.2, 0.25) is 0 Å². The van der Waals surface area contributed by atoms with Gasteiger partial charge in [0.1, 0.15) is 5.82 Å². The topological polar surface area (TPSA) is 17.8 Å². The zero-order valence-corrected chi connectivity index (χ0v) is 8.70. The Balaban J connectivity index is 2.24. The Hall–Kier alpha value is -1.38. The van der Waals surface area contributed by atoms with Gasteiger partial charge in [-0.2, -0.15) is 5.10 Å². The summed E-state index contributed by atoms with van der Waals surface area (Å²) in [6.45, 7) is 1.97. The van der Waals surface area contributed by atoms with Crippen LogP contribution in [0.4, 0.5) is 4.39 Å². The predicted molar refractivity (Wildman–Crippen MR) is 57.3 cm³/mol. The molecular formula is C12H13FN2. The Morgan fingerprint density at radius 2 is 2.27 bits per heavy atom. The minimum absolute atomic E-state index is 0.0955. The predicted octanol–water partition coefficient (Wildman–Crippen LogP) is 3.07. The molecule has 1 aromatic carbocycles. The highest BCUT2D eigenvalue weighted by Crippen LogP contribution is 2.37. The van der Waals surface area contributed by atoms with E-state index in [2.05, 4.69) is 5.10 Å². The monoisotopic (exact) mass is 204 g/mol. The van der Waals surface area contributed by atoms with Gasteiger partial charge in [-0.1, -0.05) is 13.0 Å². The minimum atomic E-state index is -0.0955. The summed E-state index contributed by atoms with van der Waals surface area (Å²) in [5, 5.41) is 4.94. The zero-order chi connectivity index (χ0) is 10.4. The molecule has 0 saturated heterocycles. The van der Waals surface area contributed by atoms with Crippen LogP contribution >= 0.6 is 0 Å². The van der Waals surface area contributed by atoms with Crippen LogP contribution in [-0.2, 0) is 6.42 Å². The van der Waals surface area contributed by atoms with Gasteiger partial charge in [-0.15, -0.1) is 0 Å². The standard InChI is InChI=1S/C12H13FN2/c1-2-8-3-6-11-10(12(8)13)7-14-15(11)9-4-5-9/h3,6-7,9H,2,4-5H2,1H3.